The SMILES string of the molecule is COC(=O)c1c(C)oc2ccc(NS(=O)(=O)c3ccc4c(c3)n(C)c(=O)n4C)cc12. The Kier molecular flexibility index (Phi) is 4.46. The van der Waals surface area contributed by atoms with E-state index in [0.717, 1.165) is 0 Å². The zero-order chi connectivity index (χ0) is 21.8. The van der Waals surface area contributed by atoms with E-state index < -0.39 is 16.0 Å². The van der Waals surface area contributed by atoms with E-state index >= 15 is 0 Å². The van der Waals surface area contributed by atoms with Gasteiger partial charge in [-0.3, -0.25) is 13.9 Å². The second kappa shape index (κ2) is 6.77. The Bertz CT molecular complexity index is 1490. The minimum Gasteiger partial charge on any atom is -0.465 e. The van der Waals surface area contributed by atoms with Crippen molar-refractivity contribution in [1.82, 2.24) is 9.13 Å². The predicted molar refractivity (Wildman–Crippen MR) is 111 cm³/mol. The highest BCUT2D eigenvalue weighted by Gasteiger charge is 2.21. The number of nitrogens with zero attached hydrogens (tertiary/aromatic N) is 2. The van der Waals surface area contributed by atoms with Gasteiger partial charge in [0.25, 0.3) is 10.0 Å². The molecule has 0 spiro atoms. The van der Waals surface area contributed by atoms with Crippen molar-refractivity contribution >= 4 is 43.7 Å². The molecule has 0 amide bonds. The average Bonchev–Trinajstić information content (AvgIpc) is 3.15. The van der Waals surface area contributed by atoms with Gasteiger partial charge in [0.2, 0.25) is 0 Å². The first-order valence-electron chi connectivity index (χ1n) is 8.94. The number of furan rings is 1. The van der Waals surface area contributed by atoms with Crippen LogP contribution in [-0.4, -0.2) is 30.6 Å². The van der Waals surface area contributed by atoms with Crippen LogP contribution in [0.2, 0.25) is 0 Å². The maximum atomic E-state index is 12.9. The molecule has 30 heavy (non-hydrogen) atoms. The van der Waals surface area contributed by atoms with Crippen molar-refractivity contribution in [2.45, 2.75) is 11.8 Å². The van der Waals surface area contributed by atoms with Crippen LogP contribution < -0.4 is 10.4 Å². The first kappa shape index (κ1) is 19.8. The van der Waals surface area contributed by atoms with Gasteiger partial charge in [-0.1, -0.05) is 0 Å². The number of anilines is 1. The van der Waals surface area contributed by atoms with Crippen LogP contribution >= 0.6 is 0 Å². The summed E-state index contributed by atoms with van der Waals surface area (Å²) < 4.78 is 41.6. The van der Waals surface area contributed by atoms with Crippen LogP contribution in [0.4, 0.5) is 5.69 Å². The van der Waals surface area contributed by atoms with Gasteiger partial charge in [-0.25, -0.2) is 18.0 Å². The number of carbonyl (C=O) groups is 1. The number of hydrogen-bond acceptors (Lipinski definition) is 6. The van der Waals surface area contributed by atoms with Gasteiger partial charge in [-0.15, -0.1) is 0 Å². The number of aromatic nitrogens is 2. The highest BCUT2D eigenvalue weighted by molar-refractivity contribution is 7.92. The van der Waals surface area contributed by atoms with Crippen molar-refractivity contribution in [3.05, 3.63) is 58.2 Å². The number of fused-ring (bicyclic) bond motifs is 2. The van der Waals surface area contributed by atoms with Gasteiger partial charge in [0.05, 0.1) is 23.0 Å². The van der Waals surface area contributed by atoms with E-state index in [1.807, 2.05) is 0 Å². The number of esters is 1. The van der Waals surface area contributed by atoms with E-state index in [-0.39, 0.29) is 21.8 Å². The lowest BCUT2D eigenvalue weighted by atomic mass is 10.1. The molecule has 9 nitrogen and oxygen atoms in total. The standard InChI is InChI=1S/C20H19N3O6S/c1-11-18(19(24)28-4)14-9-12(5-8-17(14)29-11)21-30(26,27)13-6-7-15-16(10-13)23(3)20(25)22(15)2/h5-10,21H,1-4H3. The van der Waals surface area contributed by atoms with Crippen molar-refractivity contribution in [1.29, 1.82) is 0 Å². The summed E-state index contributed by atoms with van der Waals surface area (Å²) in [6, 6.07) is 9.11. The van der Waals surface area contributed by atoms with Crippen LogP contribution in [0.5, 0.6) is 0 Å². The van der Waals surface area contributed by atoms with Gasteiger partial charge in [-0.05, 0) is 43.3 Å². The summed E-state index contributed by atoms with van der Waals surface area (Å²) in [7, 11) is 0.521. The second-order valence-electron chi connectivity index (χ2n) is 6.89. The lowest BCUT2D eigenvalue weighted by Gasteiger charge is -2.09. The molecule has 2 aromatic heterocycles. The number of imidazole rings is 1. The number of nitrogens with one attached hydrogen (secondary N) is 1. The fourth-order valence-corrected chi connectivity index (χ4v) is 4.58. The number of methoxy groups -OCH3 is 1. The summed E-state index contributed by atoms with van der Waals surface area (Å²) in [6.45, 7) is 1.63. The number of ether oxygens (including phenoxy) is 1. The molecule has 4 rings (SSSR count). The lowest BCUT2D eigenvalue weighted by Crippen LogP contribution is -2.19. The maximum absolute atomic E-state index is 12.9. The smallest absolute Gasteiger partial charge is 0.342 e. The van der Waals surface area contributed by atoms with E-state index in [0.29, 0.717) is 27.8 Å². The Morgan fingerprint density at radius 3 is 2.47 bits per heavy atom. The van der Waals surface area contributed by atoms with Crippen molar-refractivity contribution in [3.63, 3.8) is 0 Å². The molecule has 0 aliphatic carbocycles. The monoisotopic (exact) mass is 429 g/mol. The largest absolute Gasteiger partial charge is 0.465 e. The number of carbonyl (C=O) groups excluding carboxylic acids is 1. The molecule has 156 valence electrons. The summed E-state index contributed by atoms with van der Waals surface area (Å²) in [5.41, 5.74) is 1.82. The third kappa shape index (κ3) is 2.96. The molecule has 0 aliphatic rings. The van der Waals surface area contributed by atoms with Gasteiger partial charge < -0.3 is 9.15 Å². The first-order chi connectivity index (χ1) is 14.1. The number of sulfonamides is 1. The minimum absolute atomic E-state index is 0.00728. The zero-order valence-electron chi connectivity index (χ0n) is 16.7. The lowest BCUT2D eigenvalue weighted by molar-refractivity contribution is 0.0600. The number of rotatable bonds is 4. The van der Waals surface area contributed by atoms with Gasteiger partial charge in [0.1, 0.15) is 16.9 Å². The normalized spacial score (nSPS) is 11.9. The van der Waals surface area contributed by atoms with Crippen molar-refractivity contribution < 1.29 is 22.4 Å². The average molecular weight is 429 g/mol. The molecule has 0 fully saturated rings. The van der Waals surface area contributed by atoms with Crippen molar-refractivity contribution in [2.24, 2.45) is 14.1 Å². The molecule has 0 unspecified atom stereocenters. The second-order valence-corrected chi connectivity index (χ2v) is 8.57. The molecule has 2 aromatic carbocycles. The van der Waals surface area contributed by atoms with Crippen LogP contribution in [0.25, 0.3) is 22.0 Å². The van der Waals surface area contributed by atoms with E-state index in [2.05, 4.69) is 4.72 Å². The van der Waals surface area contributed by atoms with Crippen LogP contribution in [-0.2, 0) is 28.9 Å². The summed E-state index contributed by atoms with van der Waals surface area (Å²) in [5.74, 6) is -0.186. The topological polar surface area (TPSA) is 113 Å². The van der Waals surface area contributed by atoms with Crippen molar-refractivity contribution in [3.8, 4) is 0 Å². The number of aryl methyl sites for hydroxylation is 3. The predicted octanol–water partition coefficient (Wildman–Crippen LogP) is 2.52. The highest BCUT2D eigenvalue weighted by atomic mass is 32.2. The summed E-state index contributed by atoms with van der Waals surface area (Å²) >= 11 is 0. The van der Waals surface area contributed by atoms with Crippen LogP contribution in [0.3, 0.4) is 0 Å². The number of hydrogen-bond donors (Lipinski definition) is 1. The molecule has 0 radical (unpaired) electrons. The minimum atomic E-state index is -3.95. The van der Waals surface area contributed by atoms with E-state index in [4.69, 9.17) is 9.15 Å². The molecule has 0 aliphatic heterocycles. The molecule has 1 N–H and O–H groups in total. The quantitative estimate of drug-likeness (QED) is 0.499. The summed E-state index contributed by atoms with van der Waals surface area (Å²) in [4.78, 5) is 24.2. The summed E-state index contributed by atoms with van der Waals surface area (Å²) in [5, 5.41) is 0.445. The Morgan fingerprint density at radius 2 is 1.77 bits per heavy atom. The third-order valence-corrected chi connectivity index (χ3v) is 6.44. The number of benzene rings is 2. The van der Waals surface area contributed by atoms with Gasteiger partial charge in [0.15, 0.2) is 0 Å². The van der Waals surface area contributed by atoms with Crippen LogP contribution in [0.1, 0.15) is 16.1 Å². The van der Waals surface area contributed by atoms with Crippen LogP contribution in [0, 0.1) is 6.92 Å². The van der Waals surface area contributed by atoms with E-state index in [1.54, 1.807) is 39.2 Å². The molecule has 0 saturated heterocycles. The van der Waals surface area contributed by atoms with Crippen LogP contribution in [0.15, 0.2) is 50.5 Å². The molecule has 0 atom stereocenters. The zero-order valence-corrected chi connectivity index (χ0v) is 17.5. The molecular weight excluding hydrogens is 410 g/mol. The molecule has 2 heterocycles. The van der Waals surface area contributed by atoms with Gasteiger partial charge in [-0.2, -0.15) is 0 Å². The Labute approximate surface area is 171 Å². The maximum Gasteiger partial charge on any atom is 0.342 e. The Hall–Kier alpha value is -3.53. The van der Waals surface area contributed by atoms with E-state index in [9.17, 15) is 18.0 Å². The molecular formula is C20H19N3O6S. The molecule has 10 heteroatoms. The fraction of sp³-hybridized carbons (Fsp3) is 0.200. The Morgan fingerprint density at radius 1 is 1.07 bits per heavy atom. The third-order valence-electron chi connectivity index (χ3n) is 5.06. The summed E-state index contributed by atoms with van der Waals surface area (Å²) in [6.07, 6.45) is 0. The van der Waals surface area contributed by atoms with E-state index in [1.165, 1.54) is 34.4 Å². The molecule has 0 saturated carbocycles. The highest BCUT2D eigenvalue weighted by Crippen LogP contribution is 2.30. The molecule has 4 aromatic rings. The fourth-order valence-electron chi connectivity index (χ4n) is 3.51. The van der Waals surface area contributed by atoms with Crippen molar-refractivity contribution in [2.75, 3.05) is 11.8 Å². The molecule has 0 bridgehead atoms. The first-order valence-corrected chi connectivity index (χ1v) is 10.4. The van der Waals surface area contributed by atoms with Gasteiger partial charge in [0, 0.05) is 25.2 Å². The van der Waals surface area contributed by atoms with Gasteiger partial charge >= 0.3 is 11.7 Å². The Balaban J connectivity index is 1.77.